The number of rotatable bonds is 24. The van der Waals surface area contributed by atoms with Gasteiger partial charge < -0.3 is 53.6 Å². The van der Waals surface area contributed by atoms with E-state index >= 15 is 0 Å². The van der Waals surface area contributed by atoms with Crippen LogP contribution in [0.2, 0.25) is 0 Å². The maximum Gasteiger partial charge on any atom is 0.573 e. The number of carbonyl (C=O) groups excluding carboxylic acids is 2. The maximum absolute atomic E-state index is 13.4. The lowest BCUT2D eigenvalue weighted by atomic mass is 9.78. The molecule has 0 bridgehead atoms. The van der Waals surface area contributed by atoms with E-state index < -0.39 is 19.1 Å². The lowest BCUT2D eigenvalue weighted by Gasteiger charge is -2.34. The SMILES string of the molecule is CC1(C)OB(O)c2ccc(C(=O)NCCOCCOCCOCCOCCOCCN3CCN(C(=O)c4cccc(-c5cc(Nc6ccc(OC(F)(F)F)cc6)ncn5)c4)CC3)cc21. The normalized spacial score (nSPS) is 15.0. The van der Waals surface area contributed by atoms with Gasteiger partial charge >= 0.3 is 13.5 Å². The molecule has 3 aromatic carbocycles. The number of halogens is 3. The van der Waals surface area contributed by atoms with Crippen molar-refractivity contribution >= 4 is 35.9 Å². The van der Waals surface area contributed by atoms with E-state index in [4.69, 9.17) is 28.3 Å². The summed E-state index contributed by atoms with van der Waals surface area (Å²) in [6.45, 7) is 11.8. The third kappa shape index (κ3) is 14.9. The summed E-state index contributed by atoms with van der Waals surface area (Å²) < 4.78 is 74.9. The number of hydrogen-bond acceptors (Lipinski definition) is 14. The zero-order chi connectivity index (χ0) is 45.4. The molecular weight excluding hydrogens is 840 g/mol. The summed E-state index contributed by atoms with van der Waals surface area (Å²) in [7, 11) is -0.986. The second-order valence-electron chi connectivity index (χ2n) is 15.3. The number of carbonyl (C=O) groups is 2. The van der Waals surface area contributed by atoms with Crippen LogP contribution in [0.1, 0.15) is 40.1 Å². The first kappa shape index (κ1) is 48.3. The summed E-state index contributed by atoms with van der Waals surface area (Å²) in [5.41, 5.74) is 3.65. The topological polar surface area (TPSA) is 175 Å². The predicted molar refractivity (Wildman–Crippen MR) is 231 cm³/mol. The third-order valence-electron chi connectivity index (χ3n) is 10.3. The molecule has 2 amide bonds. The van der Waals surface area contributed by atoms with Crippen LogP contribution in [-0.4, -0.2) is 155 Å². The number of hydrogen-bond donors (Lipinski definition) is 3. The van der Waals surface area contributed by atoms with Crippen molar-refractivity contribution in [3.05, 3.63) is 95.8 Å². The quantitative estimate of drug-likeness (QED) is 0.0680. The molecule has 0 unspecified atom stereocenters. The molecule has 4 aromatic rings. The fourth-order valence-corrected chi connectivity index (χ4v) is 6.99. The van der Waals surface area contributed by atoms with Crippen molar-refractivity contribution in [3.8, 4) is 17.0 Å². The molecule has 1 aromatic heterocycles. The molecule has 0 aliphatic carbocycles. The highest BCUT2D eigenvalue weighted by atomic mass is 19.4. The van der Waals surface area contributed by atoms with Crippen LogP contribution in [0, 0.1) is 0 Å². The lowest BCUT2D eigenvalue weighted by Crippen LogP contribution is -2.49. The number of benzene rings is 3. The van der Waals surface area contributed by atoms with E-state index in [1.807, 2.05) is 24.8 Å². The van der Waals surface area contributed by atoms with E-state index in [1.165, 1.54) is 30.6 Å². The Balaban J connectivity index is 0.741. The van der Waals surface area contributed by atoms with E-state index in [1.54, 1.807) is 42.5 Å². The van der Waals surface area contributed by atoms with Crippen LogP contribution in [0.4, 0.5) is 24.7 Å². The smallest absolute Gasteiger partial charge is 0.423 e. The number of alkyl halides is 3. The van der Waals surface area contributed by atoms with Gasteiger partial charge in [0.2, 0.25) is 0 Å². The van der Waals surface area contributed by atoms with Crippen LogP contribution in [0.25, 0.3) is 11.3 Å². The van der Waals surface area contributed by atoms with E-state index in [-0.39, 0.29) is 17.6 Å². The molecule has 1 saturated heterocycles. The molecule has 0 atom stereocenters. The Morgan fingerprint density at radius 2 is 1.42 bits per heavy atom. The molecule has 0 saturated carbocycles. The average molecular weight is 895 g/mol. The highest BCUT2D eigenvalue weighted by Crippen LogP contribution is 2.30. The van der Waals surface area contributed by atoms with Crippen LogP contribution in [0.15, 0.2) is 79.1 Å². The first-order valence-corrected chi connectivity index (χ1v) is 21.1. The molecule has 0 spiro atoms. The van der Waals surface area contributed by atoms with Gasteiger partial charge in [-0.15, -0.1) is 13.2 Å². The predicted octanol–water partition coefficient (Wildman–Crippen LogP) is 4.01. The van der Waals surface area contributed by atoms with Crippen LogP contribution in [-0.2, 0) is 33.9 Å². The first-order valence-electron chi connectivity index (χ1n) is 21.1. The number of aromatic nitrogens is 2. The van der Waals surface area contributed by atoms with Crippen molar-refractivity contribution in [1.29, 1.82) is 0 Å². The van der Waals surface area contributed by atoms with Crippen molar-refractivity contribution in [2.24, 2.45) is 0 Å². The molecule has 344 valence electrons. The fourth-order valence-electron chi connectivity index (χ4n) is 6.99. The minimum atomic E-state index is -4.77. The molecule has 3 N–H and O–H groups in total. The lowest BCUT2D eigenvalue weighted by molar-refractivity contribution is -0.274. The van der Waals surface area contributed by atoms with Gasteiger partial charge in [-0.3, -0.25) is 14.5 Å². The van der Waals surface area contributed by atoms with Gasteiger partial charge in [-0.2, -0.15) is 0 Å². The van der Waals surface area contributed by atoms with Gasteiger partial charge in [0.05, 0.1) is 77.4 Å². The molecule has 16 nitrogen and oxygen atoms in total. The maximum atomic E-state index is 13.4. The van der Waals surface area contributed by atoms with Crippen molar-refractivity contribution < 1.29 is 60.9 Å². The molecular formula is C44H54BF3N6O10. The Labute approximate surface area is 370 Å². The summed E-state index contributed by atoms with van der Waals surface area (Å²) in [5, 5.41) is 15.9. The zero-order valence-electron chi connectivity index (χ0n) is 35.9. The summed E-state index contributed by atoms with van der Waals surface area (Å²) in [4.78, 5) is 38.6. The van der Waals surface area contributed by atoms with Gasteiger partial charge in [-0.05, 0) is 73.4 Å². The summed E-state index contributed by atoms with van der Waals surface area (Å²) in [6, 6.07) is 19.4. The number of fused-ring (bicyclic) bond motifs is 1. The second-order valence-corrected chi connectivity index (χ2v) is 15.3. The number of nitrogens with one attached hydrogen (secondary N) is 2. The highest BCUT2D eigenvalue weighted by Gasteiger charge is 2.40. The summed E-state index contributed by atoms with van der Waals surface area (Å²) in [5.74, 6) is -0.191. The minimum Gasteiger partial charge on any atom is -0.423 e. The molecule has 2 aliphatic rings. The Morgan fingerprint density at radius 3 is 2.08 bits per heavy atom. The number of nitrogens with zero attached hydrogens (tertiary/aromatic N) is 4. The van der Waals surface area contributed by atoms with Gasteiger partial charge in [-0.25, -0.2) is 9.97 Å². The second kappa shape index (κ2) is 23.7. The average Bonchev–Trinajstić information content (AvgIpc) is 3.52. The monoisotopic (exact) mass is 894 g/mol. The van der Waals surface area contributed by atoms with E-state index in [0.717, 1.165) is 30.8 Å². The van der Waals surface area contributed by atoms with Crippen molar-refractivity contribution in [3.63, 3.8) is 0 Å². The third-order valence-corrected chi connectivity index (χ3v) is 10.3. The molecule has 64 heavy (non-hydrogen) atoms. The largest absolute Gasteiger partial charge is 0.573 e. The van der Waals surface area contributed by atoms with Crippen molar-refractivity contribution in [1.82, 2.24) is 25.1 Å². The van der Waals surface area contributed by atoms with Gasteiger partial charge in [0, 0.05) is 67.7 Å². The fraction of sp³-hybridized carbons (Fsp3) is 0.455. The van der Waals surface area contributed by atoms with E-state index in [2.05, 4.69) is 30.2 Å². The summed E-state index contributed by atoms with van der Waals surface area (Å²) in [6.07, 6.45) is -3.40. The van der Waals surface area contributed by atoms with Crippen LogP contribution in [0.3, 0.4) is 0 Å². The summed E-state index contributed by atoms with van der Waals surface area (Å²) >= 11 is 0. The Kier molecular flexibility index (Phi) is 17.8. The number of ether oxygens (including phenoxy) is 6. The standard InChI is InChI=1S/C44H54BF3N6O10/c1-43(2)37-29-33(6-11-38(37)45(57)64-43)41(55)49-12-18-58-20-22-60-24-26-62-27-25-61-23-21-59-19-17-53-13-15-54(16-14-53)42(56)34-5-3-4-32(28-34)39-30-40(51-31-50-39)52-35-7-9-36(10-8-35)63-44(46,47)48/h3-11,28-31,57H,12-27H2,1-2H3,(H,49,55)(H,50,51,52). The van der Waals surface area contributed by atoms with Gasteiger partial charge in [0.1, 0.15) is 17.9 Å². The first-order chi connectivity index (χ1) is 30.8. The molecule has 2 aliphatic heterocycles. The zero-order valence-corrected chi connectivity index (χ0v) is 35.9. The Hall–Kier alpha value is -5.19. The van der Waals surface area contributed by atoms with Gasteiger partial charge in [-0.1, -0.05) is 18.2 Å². The van der Waals surface area contributed by atoms with Gasteiger partial charge in [0.15, 0.2) is 0 Å². The minimum absolute atomic E-state index is 0.0715. The molecule has 20 heteroatoms. The highest BCUT2D eigenvalue weighted by molar-refractivity contribution is 6.62. The number of piperazine rings is 1. The van der Waals surface area contributed by atoms with Gasteiger partial charge in [0.25, 0.3) is 11.8 Å². The van der Waals surface area contributed by atoms with Crippen LogP contribution < -0.4 is 20.8 Å². The van der Waals surface area contributed by atoms with E-state index in [0.29, 0.717) is 119 Å². The Bertz CT molecular complexity index is 2110. The van der Waals surface area contributed by atoms with Crippen LogP contribution in [0.5, 0.6) is 5.75 Å². The molecule has 3 heterocycles. The van der Waals surface area contributed by atoms with Crippen molar-refractivity contribution in [2.45, 2.75) is 25.8 Å². The molecule has 1 fully saturated rings. The molecule has 0 radical (unpaired) electrons. The van der Waals surface area contributed by atoms with E-state index in [9.17, 15) is 27.8 Å². The number of anilines is 2. The number of amides is 2. The van der Waals surface area contributed by atoms with Crippen LogP contribution >= 0.6 is 0 Å². The molecule has 6 rings (SSSR count). The Morgan fingerprint density at radius 1 is 0.781 bits per heavy atom. The van der Waals surface area contributed by atoms with Crippen molar-refractivity contribution in [2.75, 3.05) is 111 Å².